The molecule has 0 aliphatic carbocycles. The van der Waals surface area contributed by atoms with Crippen LogP contribution in [0.5, 0.6) is 0 Å². The number of thioether (sulfide) groups is 1. The Balaban J connectivity index is 2.08. The number of hydrogen-bond acceptors (Lipinski definition) is 7. The highest BCUT2D eigenvalue weighted by Gasteiger charge is 2.63. The molecule has 2 rings (SSSR count). The summed E-state index contributed by atoms with van der Waals surface area (Å²) < 4.78 is 9.35. The highest BCUT2D eigenvalue weighted by molar-refractivity contribution is 8.01. The van der Waals surface area contributed by atoms with Crippen LogP contribution in [-0.2, 0) is 23.9 Å². The molecule has 0 aromatic carbocycles. The number of carbonyl (C=O) groups excluding carboxylic acids is 3. The van der Waals surface area contributed by atoms with Crippen molar-refractivity contribution in [3.05, 3.63) is 0 Å². The summed E-state index contributed by atoms with van der Waals surface area (Å²) in [5.41, 5.74) is 5.72. The summed E-state index contributed by atoms with van der Waals surface area (Å²) in [5, 5.41) is -0.195. The minimum absolute atomic E-state index is 0.195. The van der Waals surface area contributed by atoms with Crippen molar-refractivity contribution in [2.45, 2.75) is 56.2 Å². The fourth-order valence-electron chi connectivity index (χ4n) is 2.51. The van der Waals surface area contributed by atoms with E-state index in [0.29, 0.717) is 0 Å². The Morgan fingerprint density at radius 1 is 1.40 bits per heavy atom. The highest BCUT2D eigenvalue weighted by Crippen LogP contribution is 2.50. The zero-order valence-electron chi connectivity index (χ0n) is 11.8. The molecule has 1 amide bonds. The normalized spacial score (nSPS) is 32.1. The Bertz CT molecular complexity index is 467. The van der Waals surface area contributed by atoms with Crippen molar-refractivity contribution in [3.63, 3.8) is 0 Å². The van der Waals surface area contributed by atoms with Gasteiger partial charge in [0.05, 0.1) is 0 Å². The first kappa shape index (κ1) is 15.1. The molecule has 2 aliphatic heterocycles. The number of nitrogens with two attached hydrogens (primary N) is 1. The molecule has 7 nitrogen and oxygen atoms in total. The van der Waals surface area contributed by atoms with Gasteiger partial charge >= 0.3 is 11.9 Å². The van der Waals surface area contributed by atoms with Crippen molar-refractivity contribution in [2.24, 2.45) is 5.73 Å². The number of amides is 1. The first-order valence-corrected chi connectivity index (χ1v) is 7.16. The summed E-state index contributed by atoms with van der Waals surface area (Å²) in [6.07, 6.45) is -0.982. The summed E-state index contributed by atoms with van der Waals surface area (Å²) in [7, 11) is 0. The number of hydrogen-bond donors (Lipinski definition) is 1. The van der Waals surface area contributed by atoms with Gasteiger partial charge in [0.25, 0.3) is 0 Å². The summed E-state index contributed by atoms with van der Waals surface area (Å²) in [5.74, 6) is -1.38. The maximum Gasteiger partial charge on any atom is 0.333 e. The Morgan fingerprint density at radius 2 is 2.00 bits per heavy atom. The molecule has 8 heteroatoms. The number of fused-ring (bicyclic) bond motifs is 1. The Labute approximate surface area is 121 Å². The molecular formula is C12H18N2O5S. The van der Waals surface area contributed by atoms with Crippen molar-refractivity contribution in [1.82, 2.24) is 4.90 Å². The van der Waals surface area contributed by atoms with E-state index in [1.54, 1.807) is 0 Å². The third-order valence-corrected chi connectivity index (χ3v) is 4.91. The fraction of sp³-hybridized carbons (Fsp3) is 0.750. The average Bonchev–Trinajstić information content (AvgIpc) is 2.56. The van der Waals surface area contributed by atoms with E-state index in [1.807, 2.05) is 13.8 Å². The number of β-lactam (4-membered cyclic amide) rings is 1. The van der Waals surface area contributed by atoms with Crippen molar-refractivity contribution >= 4 is 29.6 Å². The molecule has 2 fully saturated rings. The molecule has 2 saturated heterocycles. The molecule has 112 valence electrons. The summed E-state index contributed by atoms with van der Waals surface area (Å²) in [6.45, 7) is 6.40. The van der Waals surface area contributed by atoms with Gasteiger partial charge in [-0.25, -0.2) is 4.79 Å². The van der Waals surface area contributed by atoms with Crippen LogP contribution in [0.15, 0.2) is 0 Å². The van der Waals surface area contributed by atoms with Gasteiger partial charge in [-0.1, -0.05) is 0 Å². The molecule has 0 spiro atoms. The van der Waals surface area contributed by atoms with E-state index in [-0.39, 0.29) is 11.3 Å². The standard InChI is InChI=1S/C12H18N2O5S/c1-5(15)18-6(2)19-11(17)8-12(3,4)20-10-7(13)9(16)14(8)10/h6-8,10H,13H2,1-4H3/t6?,7?,8-,10+/m0/s1. The smallest absolute Gasteiger partial charge is 0.333 e. The lowest BCUT2D eigenvalue weighted by Gasteiger charge is -2.42. The largest absolute Gasteiger partial charge is 0.426 e. The van der Waals surface area contributed by atoms with E-state index in [4.69, 9.17) is 15.2 Å². The second kappa shape index (κ2) is 4.92. The molecule has 0 saturated carbocycles. The maximum absolute atomic E-state index is 12.2. The van der Waals surface area contributed by atoms with Crippen LogP contribution in [0, 0.1) is 0 Å². The van der Waals surface area contributed by atoms with E-state index in [0.717, 1.165) is 0 Å². The van der Waals surface area contributed by atoms with Crippen molar-refractivity contribution < 1.29 is 23.9 Å². The summed E-state index contributed by atoms with van der Waals surface area (Å²) in [6, 6.07) is -1.29. The average molecular weight is 302 g/mol. The first-order chi connectivity index (χ1) is 9.15. The Hall–Kier alpha value is -1.28. The van der Waals surface area contributed by atoms with Gasteiger partial charge in [0.15, 0.2) is 0 Å². The second-order valence-corrected chi connectivity index (χ2v) is 7.17. The maximum atomic E-state index is 12.2. The van der Waals surface area contributed by atoms with Gasteiger partial charge in [0, 0.05) is 18.6 Å². The molecule has 0 aromatic rings. The predicted molar refractivity (Wildman–Crippen MR) is 71.4 cm³/mol. The molecule has 4 atom stereocenters. The van der Waals surface area contributed by atoms with Gasteiger partial charge in [-0.05, 0) is 13.8 Å². The zero-order chi connectivity index (χ0) is 15.2. The van der Waals surface area contributed by atoms with Crippen molar-refractivity contribution in [1.29, 1.82) is 0 Å². The highest BCUT2D eigenvalue weighted by atomic mass is 32.2. The van der Waals surface area contributed by atoms with Crippen LogP contribution in [0.1, 0.15) is 27.7 Å². The molecule has 2 heterocycles. The molecule has 0 bridgehead atoms. The van der Waals surface area contributed by atoms with Gasteiger partial charge in [-0.15, -0.1) is 11.8 Å². The monoisotopic (exact) mass is 302 g/mol. The van der Waals surface area contributed by atoms with Gasteiger partial charge in [0.1, 0.15) is 17.5 Å². The number of ether oxygens (including phenoxy) is 2. The minimum atomic E-state index is -0.982. The SMILES string of the molecule is CC(=O)OC(C)OC(=O)[C@@H]1N2C(=O)C(N)[C@H]2SC1(C)C. The Kier molecular flexibility index (Phi) is 3.72. The lowest BCUT2D eigenvalue weighted by Crippen LogP contribution is -2.69. The van der Waals surface area contributed by atoms with Gasteiger partial charge in [-0.3, -0.25) is 9.59 Å². The molecule has 0 radical (unpaired) electrons. The van der Waals surface area contributed by atoms with Crippen LogP contribution >= 0.6 is 11.8 Å². The fourth-order valence-corrected chi connectivity index (χ4v) is 4.07. The summed E-state index contributed by atoms with van der Waals surface area (Å²) in [4.78, 5) is 36.3. The van der Waals surface area contributed by atoms with Crippen molar-refractivity contribution in [3.8, 4) is 0 Å². The van der Waals surface area contributed by atoms with Gasteiger partial charge in [0.2, 0.25) is 12.2 Å². The number of nitrogens with zero attached hydrogens (tertiary/aromatic N) is 1. The lowest BCUT2D eigenvalue weighted by molar-refractivity contribution is -0.190. The second-order valence-electron chi connectivity index (χ2n) is 5.40. The molecular weight excluding hydrogens is 284 g/mol. The van der Waals surface area contributed by atoms with E-state index < -0.39 is 35.1 Å². The third-order valence-electron chi connectivity index (χ3n) is 3.32. The van der Waals surface area contributed by atoms with Crippen LogP contribution in [0.25, 0.3) is 0 Å². The molecule has 20 heavy (non-hydrogen) atoms. The van der Waals surface area contributed by atoms with Gasteiger partial charge < -0.3 is 20.1 Å². The molecule has 2 unspecified atom stereocenters. The predicted octanol–water partition coefficient (Wildman–Crippen LogP) is -0.172. The molecule has 0 aromatic heterocycles. The molecule has 2 aliphatic rings. The van der Waals surface area contributed by atoms with Crippen LogP contribution < -0.4 is 5.73 Å². The van der Waals surface area contributed by atoms with Crippen LogP contribution in [-0.4, -0.2) is 51.2 Å². The van der Waals surface area contributed by atoms with Crippen LogP contribution in [0.2, 0.25) is 0 Å². The van der Waals surface area contributed by atoms with Crippen molar-refractivity contribution in [2.75, 3.05) is 0 Å². The van der Waals surface area contributed by atoms with Crippen LogP contribution in [0.4, 0.5) is 0 Å². The number of carbonyl (C=O) groups is 3. The van der Waals surface area contributed by atoms with E-state index in [2.05, 4.69) is 0 Å². The minimum Gasteiger partial charge on any atom is -0.426 e. The first-order valence-electron chi connectivity index (χ1n) is 6.28. The van der Waals surface area contributed by atoms with E-state index >= 15 is 0 Å². The molecule has 2 N–H and O–H groups in total. The lowest BCUT2D eigenvalue weighted by atomic mass is 9.96. The number of rotatable bonds is 3. The third kappa shape index (κ3) is 2.37. The van der Waals surface area contributed by atoms with Crippen LogP contribution in [0.3, 0.4) is 0 Å². The van der Waals surface area contributed by atoms with Gasteiger partial charge in [-0.2, -0.15) is 0 Å². The topological polar surface area (TPSA) is 98.9 Å². The van der Waals surface area contributed by atoms with E-state index in [1.165, 1.54) is 30.5 Å². The Morgan fingerprint density at radius 3 is 2.55 bits per heavy atom. The summed E-state index contributed by atoms with van der Waals surface area (Å²) >= 11 is 1.48. The zero-order valence-corrected chi connectivity index (χ0v) is 12.6. The quantitative estimate of drug-likeness (QED) is 0.439. The van der Waals surface area contributed by atoms with E-state index in [9.17, 15) is 14.4 Å². The number of esters is 2.